The number of hydrogen-bond acceptors (Lipinski definition) is 3. The molecule has 0 saturated heterocycles. The zero-order chi connectivity index (χ0) is 16.9. The van der Waals surface area contributed by atoms with E-state index in [1.54, 1.807) is 19.1 Å². The Balaban J connectivity index is 1.85. The molecule has 1 unspecified atom stereocenters. The van der Waals surface area contributed by atoms with Crippen molar-refractivity contribution in [1.29, 1.82) is 0 Å². The lowest BCUT2D eigenvalue weighted by atomic mass is 10.0. The van der Waals surface area contributed by atoms with E-state index in [4.69, 9.17) is 0 Å². The van der Waals surface area contributed by atoms with Crippen molar-refractivity contribution >= 4 is 6.03 Å². The van der Waals surface area contributed by atoms with Gasteiger partial charge in [0.15, 0.2) is 0 Å². The number of rotatable bonds is 6. The fourth-order valence-electron chi connectivity index (χ4n) is 2.75. The molecule has 1 aliphatic rings. The van der Waals surface area contributed by atoms with Gasteiger partial charge in [-0.25, -0.2) is 4.79 Å². The SMILES string of the molecule is CC(NC(=O)NCC1(O)CCCC1)c1cccc(OC(F)F)c1. The molecule has 1 atom stereocenters. The van der Waals surface area contributed by atoms with E-state index in [0.29, 0.717) is 18.4 Å². The number of amides is 2. The Morgan fingerprint density at radius 1 is 1.39 bits per heavy atom. The fraction of sp³-hybridized carbons (Fsp3) is 0.562. The first-order chi connectivity index (χ1) is 10.9. The first-order valence-electron chi connectivity index (χ1n) is 7.69. The number of carbonyl (C=O) groups excluding carboxylic acids is 1. The van der Waals surface area contributed by atoms with Crippen LogP contribution in [0.4, 0.5) is 13.6 Å². The average Bonchev–Trinajstić information content (AvgIpc) is 2.92. The van der Waals surface area contributed by atoms with Crippen LogP contribution in [-0.2, 0) is 0 Å². The third kappa shape index (κ3) is 5.35. The van der Waals surface area contributed by atoms with Crippen molar-refractivity contribution in [2.75, 3.05) is 6.54 Å². The van der Waals surface area contributed by atoms with Crippen LogP contribution in [0.15, 0.2) is 24.3 Å². The van der Waals surface area contributed by atoms with Gasteiger partial charge in [0.25, 0.3) is 0 Å². The summed E-state index contributed by atoms with van der Waals surface area (Å²) in [5, 5.41) is 15.6. The van der Waals surface area contributed by atoms with Gasteiger partial charge in [0, 0.05) is 6.54 Å². The van der Waals surface area contributed by atoms with Crippen LogP contribution in [-0.4, -0.2) is 29.9 Å². The summed E-state index contributed by atoms with van der Waals surface area (Å²) in [6.07, 6.45) is 3.31. The highest BCUT2D eigenvalue weighted by atomic mass is 19.3. The number of hydrogen-bond donors (Lipinski definition) is 3. The van der Waals surface area contributed by atoms with Gasteiger partial charge in [-0.3, -0.25) is 0 Å². The predicted molar refractivity (Wildman–Crippen MR) is 81.4 cm³/mol. The van der Waals surface area contributed by atoms with Gasteiger partial charge in [0.05, 0.1) is 11.6 Å². The summed E-state index contributed by atoms with van der Waals surface area (Å²) < 4.78 is 28.8. The van der Waals surface area contributed by atoms with Gasteiger partial charge >= 0.3 is 12.6 Å². The zero-order valence-electron chi connectivity index (χ0n) is 13.0. The second-order valence-electron chi connectivity index (χ2n) is 5.93. The largest absolute Gasteiger partial charge is 0.435 e. The minimum atomic E-state index is -2.89. The molecule has 1 aliphatic carbocycles. The lowest BCUT2D eigenvalue weighted by Gasteiger charge is -2.23. The Bertz CT molecular complexity index is 534. The Morgan fingerprint density at radius 2 is 2.09 bits per heavy atom. The second-order valence-corrected chi connectivity index (χ2v) is 5.93. The molecule has 1 fully saturated rings. The molecule has 0 radical (unpaired) electrons. The summed E-state index contributed by atoms with van der Waals surface area (Å²) in [6.45, 7) is -0.935. The van der Waals surface area contributed by atoms with E-state index in [1.807, 2.05) is 0 Å². The topological polar surface area (TPSA) is 70.6 Å². The standard InChI is InChI=1S/C16H22F2N2O3/c1-11(12-5-4-6-13(9-12)23-14(17)18)20-15(21)19-10-16(22)7-2-3-8-16/h4-6,9,11,14,22H,2-3,7-8,10H2,1H3,(H2,19,20,21). The Hall–Kier alpha value is -1.89. The van der Waals surface area contributed by atoms with Crippen LogP contribution in [0.2, 0.25) is 0 Å². The number of urea groups is 1. The van der Waals surface area contributed by atoms with Crippen LogP contribution in [0.25, 0.3) is 0 Å². The van der Waals surface area contributed by atoms with E-state index < -0.39 is 18.2 Å². The Kier molecular flexibility index (Phi) is 5.76. The molecule has 1 aromatic rings. The first-order valence-corrected chi connectivity index (χ1v) is 7.69. The van der Waals surface area contributed by atoms with Gasteiger partial charge in [-0.1, -0.05) is 25.0 Å². The molecular weight excluding hydrogens is 306 g/mol. The molecule has 1 aromatic carbocycles. The number of ether oxygens (including phenoxy) is 1. The molecule has 23 heavy (non-hydrogen) atoms. The molecule has 0 heterocycles. The lowest BCUT2D eigenvalue weighted by molar-refractivity contribution is -0.0499. The molecule has 0 bridgehead atoms. The van der Waals surface area contributed by atoms with Gasteiger partial charge in [-0.2, -0.15) is 8.78 Å². The average molecular weight is 328 g/mol. The number of benzene rings is 1. The minimum absolute atomic E-state index is 0.0480. The van der Waals surface area contributed by atoms with Crippen molar-refractivity contribution < 1.29 is 23.4 Å². The highest BCUT2D eigenvalue weighted by Crippen LogP contribution is 2.28. The van der Waals surface area contributed by atoms with Crippen molar-refractivity contribution in [2.24, 2.45) is 0 Å². The molecule has 7 heteroatoms. The van der Waals surface area contributed by atoms with Gasteiger partial charge in [-0.15, -0.1) is 0 Å². The summed E-state index contributed by atoms with van der Waals surface area (Å²) in [6, 6.07) is 5.41. The van der Waals surface area contributed by atoms with Crippen molar-refractivity contribution in [3.8, 4) is 5.75 Å². The molecule has 3 N–H and O–H groups in total. The zero-order valence-corrected chi connectivity index (χ0v) is 13.0. The molecule has 0 aromatic heterocycles. The van der Waals surface area contributed by atoms with E-state index in [0.717, 1.165) is 12.8 Å². The summed E-state index contributed by atoms with van der Waals surface area (Å²) in [5.74, 6) is 0.0480. The van der Waals surface area contributed by atoms with Crippen LogP contribution >= 0.6 is 0 Å². The Morgan fingerprint density at radius 3 is 2.74 bits per heavy atom. The summed E-state index contributed by atoms with van der Waals surface area (Å²) in [7, 11) is 0. The maximum atomic E-state index is 12.2. The first kappa shape index (κ1) is 17.5. The molecule has 128 valence electrons. The fourth-order valence-corrected chi connectivity index (χ4v) is 2.75. The van der Waals surface area contributed by atoms with Crippen LogP contribution in [0, 0.1) is 0 Å². The summed E-state index contributed by atoms with van der Waals surface area (Å²) >= 11 is 0. The molecule has 2 rings (SSSR count). The van der Waals surface area contributed by atoms with Gasteiger partial charge in [0.1, 0.15) is 5.75 Å². The van der Waals surface area contributed by atoms with E-state index in [9.17, 15) is 18.7 Å². The predicted octanol–water partition coefficient (Wildman–Crippen LogP) is 2.95. The molecular formula is C16H22F2N2O3. The smallest absolute Gasteiger partial charge is 0.387 e. The highest BCUT2D eigenvalue weighted by Gasteiger charge is 2.31. The van der Waals surface area contributed by atoms with Crippen LogP contribution in [0.3, 0.4) is 0 Å². The number of aliphatic hydroxyl groups is 1. The van der Waals surface area contributed by atoms with Crippen LogP contribution in [0.5, 0.6) is 5.75 Å². The van der Waals surface area contributed by atoms with Gasteiger partial charge < -0.3 is 20.5 Å². The lowest BCUT2D eigenvalue weighted by Crippen LogP contribution is -2.45. The quantitative estimate of drug-likeness (QED) is 0.752. The van der Waals surface area contributed by atoms with E-state index in [2.05, 4.69) is 15.4 Å². The summed E-state index contributed by atoms with van der Waals surface area (Å²) in [4.78, 5) is 11.9. The van der Waals surface area contributed by atoms with Crippen molar-refractivity contribution in [3.63, 3.8) is 0 Å². The maximum Gasteiger partial charge on any atom is 0.387 e. The highest BCUT2D eigenvalue weighted by molar-refractivity contribution is 5.74. The second kappa shape index (κ2) is 7.59. The third-order valence-corrected chi connectivity index (χ3v) is 4.04. The van der Waals surface area contributed by atoms with Crippen LogP contribution < -0.4 is 15.4 Å². The third-order valence-electron chi connectivity index (χ3n) is 4.04. The van der Waals surface area contributed by atoms with Crippen LogP contribution in [0.1, 0.15) is 44.2 Å². The van der Waals surface area contributed by atoms with Gasteiger partial charge in [0.2, 0.25) is 0 Å². The number of carbonyl (C=O) groups is 1. The van der Waals surface area contributed by atoms with E-state index in [-0.39, 0.29) is 18.3 Å². The number of alkyl halides is 2. The van der Waals surface area contributed by atoms with E-state index >= 15 is 0 Å². The number of nitrogens with one attached hydrogen (secondary N) is 2. The Labute approximate surface area is 134 Å². The van der Waals surface area contributed by atoms with E-state index in [1.165, 1.54) is 12.1 Å². The summed E-state index contributed by atoms with van der Waals surface area (Å²) in [5.41, 5.74) is -0.163. The molecule has 5 nitrogen and oxygen atoms in total. The van der Waals surface area contributed by atoms with Crippen molar-refractivity contribution in [1.82, 2.24) is 10.6 Å². The van der Waals surface area contributed by atoms with Gasteiger partial charge in [-0.05, 0) is 37.5 Å². The minimum Gasteiger partial charge on any atom is -0.435 e. The van der Waals surface area contributed by atoms with Crippen molar-refractivity contribution in [2.45, 2.75) is 50.9 Å². The van der Waals surface area contributed by atoms with Crippen molar-refractivity contribution in [3.05, 3.63) is 29.8 Å². The molecule has 1 saturated carbocycles. The normalized spacial score (nSPS) is 17.8. The molecule has 0 aliphatic heterocycles. The molecule has 2 amide bonds. The molecule has 0 spiro atoms. The number of halogens is 2. The monoisotopic (exact) mass is 328 g/mol. The maximum absolute atomic E-state index is 12.2.